The molecule has 1 aromatic rings. The molecule has 62 valence electrons. The topological polar surface area (TPSA) is 39.9 Å². The lowest BCUT2D eigenvalue weighted by molar-refractivity contribution is -0.696. The molecule has 1 heterocycles. The van der Waals surface area contributed by atoms with E-state index in [0.29, 0.717) is 6.61 Å². The summed E-state index contributed by atoms with van der Waals surface area (Å²) in [6.07, 6.45) is 9.03. The van der Waals surface area contributed by atoms with Gasteiger partial charge < -0.3 is 5.11 Å². The van der Waals surface area contributed by atoms with Crippen LogP contribution in [0.4, 0.5) is 0 Å². The summed E-state index contributed by atoms with van der Waals surface area (Å²) in [4.78, 5) is 2.98. The molecule has 0 aliphatic rings. The molecule has 0 bridgehead atoms. The predicted molar refractivity (Wildman–Crippen MR) is 41.9 cm³/mol. The zero-order valence-electron chi connectivity index (χ0n) is 6.66. The van der Waals surface area contributed by atoms with Crippen molar-refractivity contribution >= 4 is 0 Å². The highest BCUT2D eigenvalue weighted by atomic mass is 16.2. The van der Waals surface area contributed by atoms with Crippen LogP contribution >= 0.6 is 0 Å². The Morgan fingerprint density at radius 1 is 1.27 bits per heavy atom. The molecule has 0 aromatic carbocycles. The molecule has 0 fully saturated rings. The van der Waals surface area contributed by atoms with Crippen molar-refractivity contribution in [3.05, 3.63) is 18.7 Å². The van der Waals surface area contributed by atoms with E-state index in [0.717, 1.165) is 25.8 Å². The van der Waals surface area contributed by atoms with E-state index in [1.54, 1.807) is 0 Å². The Hall–Kier alpha value is -0.830. The summed E-state index contributed by atoms with van der Waals surface area (Å²) >= 11 is 0. The largest absolute Gasteiger partial charge is 0.396 e. The second-order valence-corrected chi connectivity index (χ2v) is 2.63. The number of unbranched alkanes of at least 4 members (excludes halogenated alkanes) is 2. The minimum atomic E-state index is 0.317. The SMILES string of the molecule is OCCCCC[n+]1cc[nH]c1. The molecule has 0 spiro atoms. The second-order valence-electron chi connectivity index (χ2n) is 2.63. The molecule has 3 heteroatoms. The van der Waals surface area contributed by atoms with Crippen LogP contribution in [0.15, 0.2) is 18.7 Å². The number of aliphatic hydroxyl groups is 1. The highest BCUT2D eigenvalue weighted by molar-refractivity contribution is 4.55. The van der Waals surface area contributed by atoms with Gasteiger partial charge in [-0.25, -0.2) is 4.57 Å². The van der Waals surface area contributed by atoms with E-state index in [1.165, 1.54) is 0 Å². The molecule has 0 atom stereocenters. The summed E-state index contributed by atoms with van der Waals surface area (Å²) in [6, 6.07) is 0. The number of imidazole rings is 1. The molecule has 0 unspecified atom stereocenters. The van der Waals surface area contributed by atoms with Crippen molar-refractivity contribution in [3.8, 4) is 0 Å². The van der Waals surface area contributed by atoms with Gasteiger partial charge in [0.1, 0.15) is 12.4 Å². The summed E-state index contributed by atoms with van der Waals surface area (Å²) in [7, 11) is 0. The van der Waals surface area contributed by atoms with Gasteiger partial charge in [-0.3, -0.25) is 4.98 Å². The Kier molecular flexibility index (Phi) is 3.69. The van der Waals surface area contributed by atoms with Crippen LogP contribution in [0.2, 0.25) is 0 Å². The zero-order valence-corrected chi connectivity index (χ0v) is 6.66. The van der Waals surface area contributed by atoms with E-state index in [9.17, 15) is 0 Å². The molecule has 1 aromatic heterocycles. The van der Waals surface area contributed by atoms with E-state index in [4.69, 9.17) is 5.11 Å². The van der Waals surface area contributed by atoms with Gasteiger partial charge in [-0.2, -0.15) is 0 Å². The highest BCUT2D eigenvalue weighted by Gasteiger charge is 1.94. The van der Waals surface area contributed by atoms with Crippen LogP contribution in [0.1, 0.15) is 19.3 Å². The number of aromatic nitrogens is 2. The van der Waals surface area contributed by atoms with Crippen LogP contribution in [0, 0.1) is 0 Å². The van der Waals surface area contributed by atoms with E-state index < -0.39 is 0 Å². The van der Waals surface area contributed by atoms with Crippen molar-refractivity contribution in [2.75, 3.05) is 6.61 Å². The molecule has 0 aliphatic heterocycles. The van der Waals surface area contributed by atoms with Crippen molar-refractivity contribution < 1.29 is 9.67 Å². The van der Waals surface area contributed by atoms with E-state index in [1.807, 2.05) is 18.7 Å². The monoisotopic (exact) mass is 155 g/mol. The molecular formula is C8H15N2O+. The van der Waals surface area contributed by atoms with Crippen molar-refractivity contribution in [3.63, 3.8) is 0 Å². The van der Waals surface area contributed by atoms with Gasteiger partial charge in [-0.1, -0.05) is 0 Å². The number of hydrogen-bond acceptors (Lipinski definition) is 1. The third-order valence-corrected chi connectivity index (χ3v) is 1.68. The van der Waals surface area contributed by atoms with Crippen molar-refractivity contribution in [2.24, 2.45) is 0 Å². The van der Waals surface area contributed by atoms with Gasteiger partial charge in [-0.15, -0.1) is 0 Å². The maximum absolute atomic E-state index is 8.51. The quantitative estimate of drug-likeness (QED) is 0.471. The van der Waals surface area contributed by atoms with Crippen LogP contribution in [-0.2, 0) is 6.54 Å². The third-order valence-electron chi connectivity index (χ3n) is 1.68. The fourth-order valence-corrected chi connectivity index (χ4v) is 1.04. The molecule has 1 rings (SSSR count). The first-order valence-corrected chi connectivity index (χ1v) is 4.06. The molecule has 0 amide bonds. The summed E-state index contributed by atoms with van der Waals surface area (Å²) < 4.78 is 2.11. The Balaban J connectivity index is 2.04. The maximum Gasteiger partial charge on any atom is 0.241 e. The van der Waals surface area contributed by atoms with Gasteiger partial charge in [0.2, 0.25) is 6.33 Å². The van der Waals surface area contributed by atoms with Crippen molar-refractivity contribution in [1.29, 1.82) is 0 Å². The lowest BCUT2D eigenvalue weighted by Crippen LogP contribution is -2.30. The average Bonchev–Trinajstić information content (AvgIpc) is 2.50. The van der Waals surface area contributed by atoms with Crippen molar-refractivity contribution in [1.82, 2.24) is 4.98 Å². The number of H-pyrrole nitrogens is 1. The fraction of sp³-hybridized carbons (Fsp3) is 0.625. The number of aromatic amines is 1. The van der Waals surface area contributed by atoms with Crippen LogP contribution in [-0.4, -0.2) is 16.7 Å². The van der Waals surface area contributed by atoms with E-state index in [-0.39, 0.29) is 0 Å². The zero-order chi connectivity index (χ0) is 7.94. The van der Waals surface area contributed by atoms with Gasteiger partial charge in [-0.05, 0) is 19.3 Å². The van der Waals surface area contributed by atoms with Crippen LogP contribution < -0.4 is 4.57 Å². The van der Waals surface area contributed by atoms with Gasteiger partial charge in [0.05, 0.1) is 6.54 Å². The first kappa shape index (κ1) is 8.27. The normalized spacial score (nSPS) is 10.3. The molecule has 0 saturated heterocycles. The number of hydrogen-bond donors (Lipinski definition) is 2. The minimum absolute atomic E-state index is 0.317. The van der Waals surface area contributed by atoms with Gasteiger partial charge in [0.15, 0.2) is 0 Å². The molecule has 2 N–H and O–H groups in total. The van der Waals surface area contributed by atoms with Gasteiger partial charge in [0, 0.05) is 6.61 Å². The molecule has 0 radical (unpaired) electrons. The Bertz CT molecular complexity index is 172. The smallest absolute Gasteiger partial charge is 0.241 e. The summed E-state index contributed by atoms with van der Waals surface area (Å²) in [5.74, 6) is 0. The maximum atomic E-state index is 8.51. The number of nitrogens with zero attached hydrogens (tertiary/aromatic N) is 1. The number of aliphatic hydroxyl groups excluding tert-OH is 1. The summed E-state index contributed by atoms with van der Waals surface area (Å²) in [5, 5.41) is 8.51. The van der Waals surface area contributed by atoms with Crippen LogP contribution in [0.25, 0.3) is 0 Å². The average molecular weight is 155 g/mol. The van der Waals surface area contributed by atoms with Crippen molar-refractivity contribution in [2.45, 2.75) is 25.8 Å². The summed E-state index contributed by atoms with van der Waals surface area (Å²) in [5.41, 5.74) is 0. The first-order valence-electron chi connectivity index (χ1n) is 4.06. The number of nitrogens with one attached hydrogen (secondary N) is 1. The van der Waals surface area contributed by atoms with Crippen LogP contribution in [0.5, 0.6) is 0 Å². The third kappa shape index (κ3) is 3.18. The van der Waals surface area contributed by atoms with Crippen LogP contribution in [0.3, 0.4) is 0 Å². The van der Waals surface area contributed by atoms with Gasteiger partial charge >= 0.3 is 0 Å². The minimum Gasteiger partial charge on any atom is -0.396 e. The fourth-order valence-electron chi connectivity index (χ4n) is 1.04. The van der Waals surface area contributed by atoms with E-state index in [2.05, 4.69) is 9.55 Å². The molecular weight excluding hydrogens is 140 g/mol. The molecule has 11 heavy (non-hydrogen) atoms. The molecule has 0 saturated carbocycles. The Morgan fingerprint density at radius 2 is 2.18 bits per heavy atom. The number of rotatable bonds is 5. The lowest BCUT2D eigenvalue weighted by Gasteiger charge is -1.94. The number of aryl methyl sites for hydroxylation is 1. The lowest BCUT2D eigenvalue weighted by atomic mass is 10.2. The second kappa shape index (κ2) is 4.91. The van der Waals surface area contributed by atoms with E-state index >= 15 is 0 Å². The predicted octanol–water partition coefficient (Wildman–Crippen LogP) is 0.465. The summed E-state index contributed by atoms with van der Waals surface area (Å²) in [6.45, 7) is 1.36. The Morgan fingerprint density at radius 3 is 2.82 bits per heavy atom. The Labute approximate surface area is 66.7 Å². The van der Waals surface area contributed by atoms with Gasteiger partial charge in [0.25, 0.3) is 0 Å². The standard InChI is InChI=1S/C8H14N2O/c11-7-3-1-2-5-10-6-4-9-8-10/h4,6,8,11H,1-3,5,7H2/p+1. The molecule has 3 nitrogen and oxygen atoms in total. The first-order chi connectivity index (χ1) is 5.43. The highest BCUT2D eigenvalue weighted by Crippen LogP contribution is 1.92. The molecule has 0 aliphatic carbocycles.